The van der Waals surface area contributed by atoms with Crippen LogP contribution in [0.1, 0.15) is 20.3 Å². The van der Waals surface area contributed by atoms with E-state index < -0.39 is 0 Å². The summed E-state index contributed by atoms with van der Waals surface area (Å²) in [6.45, 7) is 4.99. The number of nitrogens with one attached hydrogen (secondary N) is 1. The van der Waals surface area contributed by atoms with Gasteiger partial charge in [0.1, 0.15) is 0 Å². The van der Waals surface area contributed by atoms with E-state index in [1.54, 1.807) is 0 Å². The molecule has 8 heavy (non-hydrogen) atoms. The molecule has 1 radical (unpaired) electrons. The fourth-order valence-electron chi connectivity index (χ4n) is 0.352. The van der Waals surface area contributed by atoms with Gasteiger partial charge in [0.05, 0.1) is 6.54 Å². The molecule has 0 saturated heterocycles. The Morgan fingerprint density at radius 2 is 2.00 bits per heavy atom. The quantitative estimate of drug-likeness (QED) is 0.419. The number of nitrogens with two attached hydrogens (primary N) is 1. The molecule has 2 nitrogen and oxygen atoms in total. The predicted molar refractivity (Wildman–Crippen MR) is 31.0 cm³/mol. The maximum Gasteiger partial charge on any atom is 0.240 e. The van der Waals surface area contributed by atoms with Gasteiger partial charge in [-0.2, -0.15) is 0 Å². The summed E-state index contributed by atoms with van der Waals surface area (Å²) in [6, 6.07) is 0. The van der Waals surface area contributed by atoms with Crippen LogP contribution in [0.2, 0.25) is 0 Å². The average molecular weight is 190 g/mol. The van der Waals surface area contributed by atoms with Gasteiger partial charge in [-0.3, -0.25) is 10.7 Å². The van der Waals surface area contributed by atoms with E-state index in [-0.39, 0.29) is 32.7 Å². The fourth-order valence-corrected chi connectivity index (χ4v) is 0.352. The summed E-state index contributed by atoms with van der Waals surface area (Å²) >= 11 is 0. The van der Waals surface area contributed by atoms with Gasteiger partial charge in [-0.25, -0.2) is 0 Å². The second-order valence-electron chi connectivity index (χ2n) is 1.41. The molecule has 0 fully saturated rings. The van der Waals surface area contributed by atoms with Gasteiger partial charge in [0, 0.05) is 39.1 Å². The van der Waals surface area contributed by atoms with Gasteiger partial charge >= 0.3 is 0 Å². The second kappa shape index (κ2) is 7.57. The minimum absolute atomic E-state index is 0. The first kappa shape index (κ1) is 11.4. The summed E-state index contributed by atoms with van der Waals surface area (Å²) in [7, 11) is 0. The summed E-state index contributed by atoms with van der Waals surface area (Å²) in [6.07, 6.45) is 0.924. The zero-order chi connectivity index (χ0) is 5.70. The van der Waals surface area contributed by atoms with E-state index in [4.69, 9.17) is 5.73 Å². The summed E-state index contributed by atoms with van der Waals surface area (Å²) in [4.78, 5) is 2.99. The zero-order valence-corrected chi connectivity index (χ0v) is 8.41. The first-order valence-corrected chi connectivity index (χ1v) is 2.66. The van der Waals surface area contributed by atoms with E-state index in [1.807, 2.05) is 13.8 Å². The minimum Gasteiger partial charge on any atom is -0.291 e. The molecule has 0 aliphatic rings. The molecule has 3 N–H and O–H groups in total. The molecule has 45 valence electrons. The molecular formula is C5H13N2Y+. The van der Waals surface area contributed by atoms with E-state index in [0.717, 1.165) is 18.8 Å². The third-order valence-electron chi connectivity index (χ3n) is 0.785. The van der Waals surface area contributed by atoms with Crippen LogP contribution in [0.15, 0.2) is 0 Å². The van der Waals surface area contributed by atoms with E-state index >= 15 is 0 Å². The van der Waals surface area contributed by atoms with Crippen LogP contribution in [-0.2, 0) is 32.7 Å². The van der Waals surface area contributed by atoms with Crippen LogP contribution in [0, 0.1) is 0 Å². The molecule has 0 aromatic carbocycles. The molecule has 0 saturated carbocycles. The molecule has 0 spiro atoms. The van der Waals surface area contributed by atoms with Crippen LogP contribution in [0.4, 0.5) is 0 Å². The Morgan fingerprint density at radius 1 is 1.50 bits per heavy atom. The van der Waals surface area contributed by atoms with Crippen molar-refractivity contribution in [3.8, 4) is 0 Å². The Balaban J connectivity index is 0. The van der Waals surface area contributed by atoms with Crippen molar-refractivity contribution in [3.05, 3.63) is 0 Å². The Bertz CT molecular complexity index is 70.8. The van der Waals surface area contributed by atoms with E-state index in [0.29, 0.717) is 0 Å². The Kier molecular flexibility index (Phi) is 10.8. The van der Waals surface area contributed by atoms with E-state index in [9.17, 15) is 0 Å². The summed E-state index contributed by atoms with van der Waals surface area (Å²) in [5.74, 6) is 0.877. The Labute approximate surface area is 75.8 Å². The average Bonchev–Trinajstić information content (AvgIpc) is 1.68. The van der Waals surface area contributed by atoms with Gasteiger partial charge in [-0.1, -0.05) is 6.92 Å². The van der Waals surface area contributed by atoms with Crippen molar-refractivity contribution in [3.63, 3.8) is 0 Å². The van der Waals surface area contributed by atoms with Gasteiger partial charge in [0.2, 0.25) is 5.84 Å². The fraction of sp³-hybridized carbons (Fsp3) is 0.800. The number of amidine groups is 1. The molecule has 0 amide bonds. The largest absolute Gasteiger partial charge is 0.291 e. The van der Waals surface area contributed by atoms with Crippen molar-refractivity contribution in [2.24, 2.45) is 5.73 Å². The molecule has 0 bridgehead atoms. The smallest absolute Gasteiger partial charge is 0.240 e. The predicted octanol–water partition coefficient (Wildman–Crippen LogP) is -1.15. The van der Waals surface area contributed by atoms with Crippen LogP contribution >= 0.6 is 0 Å². The van der Waals surface area contributed by atoms with Crippen molar-refractivity contribution in [1.29, 1.82) is 0 Å². The molecule has 0 aromatic rings. The normalized spacial score (nSPS) is 10.5. The SMILES string of the molecule is CC[NH+]=C(N)CC.[Y]. The molecule has 0 aliphatic heterocycles. The third-order valence-corrected chi connectivity index (χ3v) is 0.785. The van der Waals surface area contributed by atoms with Gasteiger partial charge in [-0.05, 0) is 6.92 Å². The molecule has 3 heteroatoms. The van der Waals surface area contributed by atoms with Crippen LogP contribution in [0.3, 0.4) is 0 Å². The number of hydrogen-bond donors (Lipinski definition) is 2. The van der Waals surface area contributed by atoms with Crippen molar-refractivity contribution >= 4 is 5.84 Å². The number of hydrogen-bond acceptors (Lipinski definition) is 0. The van der Waals surface area contributed by atoms with Crippen LogP contribution in [0.5, 0.6) is 0 Å². The Hall–Kier alpha value is 0.574. The van der Waals surface area contributed by atoms with E-state index in [2.05, 4.69) is 4.99 Å². The molecular weight excluding hydrogens is 177 g/mol. The second-order valence-corrected chi connectivity index (χ2v) is 1.41. The number of rotatable bonds is 2. The topological polar surface area (TPSA) is 40.0 Å². The monoisotopic (exact) mass is 190 g/mol. The minimum atomic E-state index is 0. The third kappa shape index (κ3) is 6.57. The van der Waals surface area contributed by atoms with Gasteiger partial charge in [0.25, 0.3) is 0 Å². The molecule has 0 aromatic heterocycles. The first-order valence-electron chi connectivity index (χ1n) is 2.66. The standard InChI is InChI=1S/C5H12N2.Y/c1-3-5(6)7-4-2;/h3-4H2,1-2H3,(H2,6,7);/p+1. The van der Waals surface area contributed by atoms with Crippen molar-refractivity contribution in [2.75, 3.05) is 6.54 Å². The van der Waals surface area contributed by atoms with Crippen LogP contribution in [0.25, 0.3) is 0 Å². The van der Waals surface area contributed by atoms with Crippen molar-refractivity contribution in [1.82, 2.24) is 0 Å². The van der Waals surface area contributed by atoms with Crippen molar-refractivity contribution in [2.45, 2.75) is 20.3 Å². The zero-order valence-electron chi connectivity index (χ0n) is 5.57. The van der Waals surface area contributed by atoms with Crippen LogP contribution in [-0.4, -0.2) is 12.4 Å². The maximum absolute atomic E-state index is 5.39. The van der Waals surface area contributed by atoms with Crippen LogP contribution < -0.4 is 10.7 Å². The molecule has 0 atom stereocenters. The van der Waals surface area contributed by atoms with E-state index in [1.165, 1.54) is 0 Å². The summed E-state index contributed by atoms with van der Waals surface area (Å²) < 4.78 is 0. The molecule has 0 unspecified atom stereocenters. The summed E-state index contributed by atoms with van der Waals surface area (Å²) in [5.41, 5.74) is 5.39. The maximum atomic E-state index is 5.39. The van der Waals surface area contributed by atoms with Gasteiger partial charge < -0.3 is 0 Å². The molecule has 0 rings (SSSR count). The molecule has 0 aliphatic carbocycles. The molecule has 0 heterocycles. The Morgan fingerprint density at radius 3 is 2.12 bits per heavy atom. The van der Waals surface area contributed by atoms with Crippen molar-refractivity contribution < 1.29 is 37.7 Å². The first-order chi connectivity index (χ1) is 3.31. The van der Waals surface area contributed by atoms with Gasteiger partial charge in [0.15, 0.2) is 0 Å². The van der Waals surface area contributed by atoms with Gasteiger partial charge in [-0.15, -0.1) is 0 Å². The summed E-state index contributed by atoms with van der Waals surface area (Å²) in [5, 5.41) is 0.